The van der Waals surface area contributed by atoms with Crippen LogP contribution in [0.3, 0.4) is 0 Å². The van der Waals surface area contributed by atoms with E-state index in [4.69, 9.17) is 4.42 Å². The zero-order valence-corrected chi connectivity index (χ0v) is 10.9. The Labute approximate surface area is 105 Å². The van der Waals surface area contributed by atoms with Crippen LogP contribution in [0.5, 0.6) is 0 Å². The summed E-state index contributed by atoms with van der Waals surface area (Å²) in [6.45, 7) is 3.93. The maximum atomic E-state index is 5.25. The second kappa shape index (κ2) is 5.93. The predicted molar refractivity (Wildman–Crippen MR) is 68.9 cm³/mol. The number of hydrogen-bond acceptors (Lipinski definition) is 4. The molecule has 5 heteroatoms. The molecule has 0 aliphatic heterocycles. The molecule has 1 atom stereocenters. The number of furan rings is 1. The van der Waals surface area contributed by atoms with Crippen LogP contribution in [-0.2, 0) is 13.6 Å². The van der Waals surface area contributed by atoms with E-state index in [0.717, 1.165) is 18.8 Å². The van der Waals surface area contributed by atoms with Gasteiger partial charge in [0.2, 0.25) is 0 Å². The highest BCUT2D eigenvalue weighted by molar-refractivity contribution is 8.00. The summed E-state index contributed by atoms with van der Waals surface area (Å²) in [7, 11) is 1.93. The first-order chi connectivity index (χ1) is 8.24. The molecule has 17 heavy (non-hydrogen) atoms. The van der Waals surface area contributed by atoms with Crippen LogP contribution in [0.4, 0.5) is 0 Å². The van der Waals surface area contributed by atoms with Crippen molar-refractivity contribution >= 4 is 11.8 Å². The average molecular weight is 251 g/mol. The van der Waals surface area contributed by atoms with E-state index in [0.29, 0.717) is 5.25 Å². The lowest BCUT2D eigenvalue weighted by molar-refractivity contribution is 0.484. The fourth-order valence-electron chi connectivity index (χ4n) is 1.55. The number of nitrogens with zero attached hydrogens (tertiary/aromatic N) is 2. The molecule has 0 saturated heterocycles. The van der Waals surface area contributed by atoms with Crippen molar-refractivity contribution in [2.24, 2.45) is 7.05 Å². The van der Waals surface area contributed by atoms with Gasteiger partial charge >= 0.3 is 0 Å². The zero-order chi connectivity index (χ0) is 12.1. The van der Waals surface area contributed by atoms with Crippen LogP contribution in [-0.4, -0.2) is 21.6 Å². The van der Waals surface area contributed by atoms with Crippen molar-refractivity contribution in [3.8, 4) is 0 Å². The molecule has 4 nitrogen and oxygen atoms in total. The fourth-order valence-corrected chi connectivity index (χ4v) is 2.53. The van der Waals surface area contributed by atoms with Crippen molar-refractivity contribution in [2.75, 3.05) is 6.54 Å². The molecule has 0 bridgehead atoms. The van der Waals surface area contributed by atoms with Gasteiger partial charge in [-0.15, -0.1) is 11.8 Å². The molecule has 1 N–H and O–H groups in total. The molecule has 92 valence electrons. The van der Waals surface area contributed by atoms with Gasteiger partial charge in [0.15, 0.2) is 0 Å². The Morgan fingerprint density at radius 3 is 3.12 bits per heavy atom. The third-order valence-electron chi connectivity index (χ3n) is 2.33. The zero-order valence-electron chi connectivity index (χ0n) is 10.1. The normalized spacial score (nSPS) is 12.8. The predicted octanol–water partition coefficient (Wildman–Crippen LogP) is 2.28. The van der Waals surface area contributed by atoms with Gasteiger partial charge in [0.1, 0.15) is 5.76 Å². The van der Waals surface area contributed by atoms with E-state index in [-0.39, 0.29) is 0 Å². The summed E-state index contributed by atoms with van der Waals surface area (Å²) in [5, 5.41) is 8.03. The fraction of sp³-hybridized carbons (Fsp3) is 0.417. The minimum absolute atomic E-state index is 0.508. The molecule has 0 saturated carbocycles. The number of hydrogen-bond donors (Lipinski definition) is 1. The molecule has 2 aromatic heterocycles. The first-order valence-electron chi connectivity index (χ1n) is 5.62. The summed E-state index contributed by atoms with van der Waals surface area (Å²) in [6, 6.07) is 3.89. The van der Waals surface area contributed by atoms with Crippen LogP contribution in [0.25, 0.3) is 0 Å². The summed E-state index contributed by atoms with van der Waals surface area (Å²) in [5.74, 6) is 0.976. The van der Waals surface area contributed by atoms with E-state index >= 15 is 0 Å². The molecular formula is C12H17N3OS. The Morgan fingerprint density at radius 1 is 1.59 bits per heavy atom. The van der Waals surface area contributed by atoms with Gasteiger partial charge in [0.05, 0.1) is 19.0 Å². The van der Waals surface area contributed by atoms with E-state index in [9.17, 15) is 0 Å². The van der Waals surface area contributed by atoms with Crippen LogP contribution in [0.1, 0.15) is 12.7 Å². The van der Waals surface area contributed by atoms with Crippen LogP contribution in [0.15, 0.2) is 40.1 Å². The van der Waals surface area contributed by atoms with Crippen LogP contribution >= 0.6 is 11.8 Å². The average Bonchev–Trinajstić information content (AvgIpc) is 2.90. The summed E-state index contributed by atoms with van der Waals surface area (Å²) < 4.78 is 7.08. The highest BCUT2D eigenvalue weighted by Crippen LogP contribution is 2.21. The van der Waals surface area contributed by atoms with Crippen LogP contribution in [0.2, 0.25) is 0 Å². The van der Waals surface area contributed by atoms with Crippen molar-refractivity contribution in [2.45, 2.75) is 23.6 Å². The van der Waals surface area contributed by atoms with Crippen molar-refractivity contribution in [3.63, 3.8) is 0 Å². The summed E-state index contributed by atoms with van der Waals surface area (Å²) in [4.78, 5) is 1.21. The van der Waals surface area contributed by atoms with E-state index in [2.05, 4.69) is 17.3 Å². The Balaban J connectivity index is 1.69. The monoisotopic (exact) mass is 251 g/mol. The lowest BCUT2D eigenvalue weighted by Crippen LogP contribution is -2.21. The van der Waals surface area contributed by atoms with Crippen LogP contribution in [0, 0.1) is 0 Å². The largest absolute Gasteiger partial charge is 0.468 e. The first-order valence-corrected chi connectivity index (χ1v) is 6.50. The van der Waals surface area contributed by atoms with Crippen molar-refractivity contribution in [1.29, 1.82) is 0 Å². The first kappa shape index (κ1) is 12.3. The van der Waals surface area contributed by atoms with E-state index < -0.39 is 0 Å². The maximum absolute atomic E-state index is 5.25. The number of nitrogens with one attached hydrogen (secondary N) is 1. The molecular weight excluding hydrogens is 234 g/mol. The second-order valence-electron chi connectivity index (χ2n) is 3.99. The lowest BCUT2D eigenvalue weighted by atomic mass is 10.4. The smallest absolute Gasteiger partial charge is 0.117 e. The molecule has 0 aliphatic rings. The number of rotatable bonds is 6. The van der Waals surface area contributed by atoms with E-state index in [1.165, 1.54) is 4.90 Å². The minimum atomic E-state index is 0.508. The topological polar surface area (TPSA) is 43.0 Å². The Bertz CT molecular complexity index is 438. The van der Waals surface area contributed by atoms with Crippen LogP contribution < -0.4 is 5.32 Å². The third kappa shape index (κ3) is 3.94. The van der Waals surface area contributed by atoms with Gasteiger partial charge in [0.25, 0.3) is 0 Å². The summed E-state index contributed by atoms with van der Waals surface area (Å²) >= 11 is 1.83. The molecule has 0 amide bonds. The third-order valence-corrected chi connectivity index (χ3v) is 3.38. The Morgan fingerprint density at radius 2 is 2.47 bits per heavy atom. The molecule has 0 aromatic carbocycles. The van der Waals surface area contributed by atoms with Gasteiger partial charge in [-0.05, 0) is 12.1 Å². The quantitative estimate of drug-likeness (QED) is 0.800. The Kier molecular flexibility index (Phi) is 4.28. The van der Waals surface area contributed by atoms with Gasteiger partial charge in [-0.1, -0.05) is 6.92 Å². The second-order valence-corrected chi connectivity index (χ2v) is 5.50. The van der Waals surface area contributed by atoms with Gasteiger partial charge in [-0.3, -0.25) is 4.68 Å². The van der Waals surface area contributed by atoms with Gasteiger partial charge in [-0.25, -0.2) is 0 Å². The highest BCUT2D eigenvalue weighted by Gasteiger charge is 2.06. The standard InChI is InChI=1S/C12H17N3OS/c1-10(17-12-8-14-15(2)9-12)6-13-7-11-4-3-5-16-11/h3-5,8-10,13H,6-7H2,1-2H3. The SMILES string of the molecule is CC(CNCc1ccco1)Sc1cnn(C)c1. The molecule has 2 aromatic rings. The number of thioether (sulfide) groups is 1. The number of aryl methyl sites for hydroxylation is 1. The minimum Gasteiger partial charge on any atom is -0.468 e. The lowest BCUT2D eigenvalue weighted by Gasteiger charge is -2.10. The van der Waals surface area contributed by atoms with Gasteiger partial charge in [-0.2, -0.15) is 5.10 Å². The van der Waals surface area contributed by atoms with E-state index in [1.807, 2.05) is 48.0 Å². The highest BCUT2D eigenvalue weighted by atomic mass is 32.2. The van der Waals surface area contributed by atoms with Gasteiger partial charge < -0.3 is 9.73 Å². The molecule has 0 fully saturated rings. The molecule has 2 heterocycles. The molecule has 2 rings (SSSR count). The van der Waals surface area contributed by atoms with Crippen molar-refractivity contribution < 1.29 is 4.42 Å². The van der Waals surface area contributed by atoms with Crippen molar-refractivity contribution in [3.05, 3.63) is 36.5 Å². The molecule has 1 unspecified atom stereocenters. The van der Waals surface area contributed by atoms with Crippen molar-refractivity contribution in [1.82, 2.24) is 15.1 Å². The summed E-state index contributed by atoms with van der Waals surface area (Å²) in [6.07, 6.45) is 5.63. The Hall–Kier alpha value is -1.20. The molecule has 0 aliphatic carbocycles. The van der Waals surface area contributed by atoms with E-state index in [1.54, 1.807) is 6.26 Å². The molecule has 0 spiro atoms. The van der Waals surface area contributed by atoms with Gasteiger partial charge in [0, 0.05) is 29.9 Å². The summed E-state index contributed by atoms with van der Waals surface area (Å²) in [5.41, 5.74) is 0. The number of aromatic nitrogens is 2. The molecule has 0 radical (unpaired) electrons. The maximum Gasteiger partial charge on any atom is 0.117 e.